The molecular formula is C21H27NO6. The molecule has 0 bridgehead atoms. The standard InChI is InChI=1S/C21H27NO6/c1-6-15(17(24)27-5)12-13(2)10-8-7-9-11-14(3)16(23)21-18(28-21)20(4,26)22-19(21)25/h6,8,10-12,18,26H,7,9H2,1-5H3,(H,22,25)/b10-8+,13-12+,14-11+,15-6+/t18-,20?,21-/m0/s1. The summed E-state index contributed by atoms with van der Waals surface area (Å²) in [7, 11) is 1.34. The molecule has 0 saturated carbocycles. The van der Waals surface area contributed by atoms with Gasteiger partial charge in [-0.25, -0.2) is 4.79 Å². The Morgan fingerprint density at radius 2 is 2.00 bits per heavy atom. The molecule has 0 radical (unpaired) electrons. The predicted octanol–water partition coefficient (Wildman–Crippen LogP) is 1.88. The number of ether oxygens (including phenoxy) is 2. The number of methoxy groups -OCH3 is 1. The number of aliphatic hydroxyl groups is 1. The van der Waals surface area contributed by atoms with Gasteiger partial charge in [-0.2, -0.15) is 0 Å². The summed E-state index contributed by atoms with van der Waals surface area (Å²) in [5.41, 5.74) is -1.29. The highest BCUT2D eigenvalue weighted by Gasteiger charge is 2.79. The molecule has 2 heterocycles. The van der Waals surface area contributed by atoms with E-state index in [0.29, 0.717) is 24.0 Å². The van der Waals surface area contributed by atoms with Crippen LogP contribution in [0, 0.1) is 0 Å². The highest BCUT2D eigenvalue weighted by Crippen LogP contribution is 2.49. The maximum absolute atomic E-state index is 12.6. The molecular weight excluding hydrogens is 362 g/mol. The molecule has 0 spiro atoms. The van der Waals surface area contributed by atoms with Crippen molar-refractivity contribution < 1.29 is 29.0 Å². The van der Waals surface area contributed by atoms with Gasteiger partial charge in [-0.1, -0.05) is 29.9 Å². The van der Waals surface area contributed by atoms with Crippen LogP contribution in [0.25, 0.3) is 0 Å². The van der Waals surface area contributed by atoms with E-state index >= 15 is 0 Å². The number of carbonyl (C=O) groups is 3. The molecule has 0 aromatic carbocycles. The van der Waals surface area contributed by atoms with E-state index in [2.05, 4.69) is 5.32 Å². The van der Waals surface area contributed by atoms with Gasteiger partial charge >= 0.3 is 5.97 Å². The lowest BCUT2D eigenvalue weighted by Crippen LogP contribution is -2.45. The van der Waals surface area contributed by atoms with E-state index < -0.39 is 29.1 Å². The second kappa shape index (κ2) is 8.24. The van der Waals surface area contributed by atoms with Gasteiger partial charge in [0.2, 0.25) is 11.4 Å². The van der Waals surface area contributed by atoms with Crippen LogP contribution in [-0.4, -0.2) is 47.3 Å². The van der Waals surface area contributed by atoms with E-state index in [1.807, 2.05) is 19.1 Å². The quantitative estimate of drug-likeness (QED) is 0.164. The lowest BCUT2D eigenvalue weighted by Gasteiger charge is -2.16. The lowest BCUT2D eigenvalue weighted by molar-refractivity contribution is -0.137. The average molecular weight is 389 g/mol. The first-order valence-electron chi connectivity index (χ1n) is 9.14. The minimum atomic E-state index is -1.57. The van der Waals surface area contributed by atoms with Crippen LogP contribution in [0.4, 0.5) is 0 Å². The fourth-order valence-electron chi connectivity index (χ4n) is 3.22. The highest BCUT2D eigenvalue weighted by atomic mass is 16.6. The SMILES string of the molecule is C\C=C(/C=C(C)/C=C/CC/C=C(\C)C(=O)[C@]12O[C@H]1C(C)(O)NC2=O)C(=O)OC. The third-order valence-electron chi connectivity index (χ3n) is 4.81. The van der Waals surface area contributed by atoms with E-state index in [4.69, 9.17) is 9.47 Å². The van der Waals surface area contributed by atoms with Crippen molar-refractivity contribution in [1.29, 1.82) is 0 Å². The Morgan fingerprint density at radius 3 is 2.50 bits per heavy atom. The van der Waals surface area contributed by atoms with Crippen molar-refractivity contribution in [3.8, 4) is 0 Å². The molecule has 28 heavy (non-hydrogen) atoms. The van der Waals surface area contributed by atoms with Crippen LogP contribution in [0.15, 0.2) is 47.1 Å². The largest absolute Gasteiger partial charge is 0.465 e. The molecule has 152 valence electrons. The van der Waals surface area contributed by atoms with Crippen LogP contribution in [0.3, 0.4) is 0 Å². The summed E-state index contributed by atoms with van der Waals surface area (Å²) >= 11 is 0. The zero-order valence-corrected chi connectivity index (χ0v) is 16.9. The molecule has 7 heteroatoms. The molecule has 2 aliphatic rings. The second-order valence-corrected chi connectivity index (χ2v) is 7.16. The number of fused-ring (bicyclic) bond motifs is 1. The van der Waals surface area contributed by atoms with Crippen LogP contribution >= 0.6 is 0 Å². The number of hydrogen-bond acceptors (Lipinski definition) is 6. The number of nitrogens with one attached hydrogen (secondary N) is 1. The van der Waals surface area contributed by atoms with Gasteiger partial charge in [0.15, 0.2) is 11.8 Å². The van der Waals surface area contributed by atoms with Crippen LogP contribution in [0.5, 0.6) is 0 Å². The number of allylic oxidation sites excluding steroid dienone is 5. The van der Waals surface area contributed by atoms with Crippen LogP contribution in [-0.2, 0) is 23.9 Å². The van der Waals surface area contributed by atoms with Crippen molar-refractivity contribution in [2.45, 2.75) is 58.0 Å². The summed E-state index contributed by atoms with van der Waals surface area (Å²) in [4.78, 5) is 36.2. The molecule has 0 aromatic rings. The van der Waals surface area contributed by atoms with Gasteiger partial charge in [-0.3, -0.25) is 9.59 Å². The second-order valence-electron chi connectivity index (χ2n) is 7.16. The van der Waals surface area contributed by atoms with Crippen LogP contribution < -0.4 is 5.32 Å². The average Bonchev–Trinajstić information content (AvgIpc) is 3.38. The maximum atomic E-state index is 12.6. The number of carbonyl (C=O) groups excluding carboxylic acids is 3. The fraction of sp³-hybridized carbons (Fsp3) is 0.476. The summed E-state index contributed by atoms with van der Waals surface area (Å²) in [5, 5.41) is 12.4. The van der Waals surface area contributed by atoms with E-state index in [9.17, 15) is 19.5 Å². The zero-order chi connectivity index (χ0) is 21.1. The number of epoxide rings is 1. The first-order valence-corrected chi connectivity index (χ1v) is 9.14. The van der Waals surface area contributed by atoms with E-state index in [1.165, 1.54) is 14.0 Å². The number of ketones is 1. The molecule has 1 amide bonds. The highest BCUT2D eigenvalue weighted by molar-refractivity contribution is 6.21. The Labute approximate surface area is 164 Å². The minimum absolute atomic E-state index is 0.387. The van der Waals surface area contributed by atoms with Crippen molar-refractivity contribution >= 4 is 17.7 Å². The van der Waals surface area contributed by atoms with Crippen molar-refractivity contribution in [2.75, 3.05) is 7.11 Å². The molecule has 7 nitrogen and oxygen atoms in total. The molecule has 2 saturated heterocycles. The monoisotopic (exact) mass is 389 g/mol. The van der Waals surface area contributed by atoms with Gasteiger partial charge in [-0.15, -0.1) is 0 Å². The van der Waals surface area contributed by atoms with Gasteiger partial charge in [0.25, 0.3) is 5.91 Å². The lowest BCUT2D eigenvalue weighted by atomic mass is 9.93. The number of morpholine rings is 1. The Hall–Kier alpha value is -2.51. The number of esters is 1. The number of rotatable bonds is 8. The Morgan fingerprint density at radius 1 is 1.32 bits per heavy atom. The molecule has 2 aliphatic heterocycles. The molecule has 0 aliphatic carbocycles. The fourth-order valence-corrected chi connectivity index (χ4v) is 3.22. The summed E-state index contributed by atoms with van der Waals surface area (Å²) < 4.78 is 9.97. The van der Waals surface area contributed by atoms with Crippen molar-refractivity contribution in [3.05, 3.63) is 47.1 Å². The smallest absolute Gasteiger partial charge is 0.337 e. The Balaban J connectivity index is 1.90. The molecule has 3 atom stereocenters. The third-order valence-corrected chi connectivity index (χ3v) is 4.81. The molecule has 2 rings (SSSR count). The first-order chi connectivity index (χ1) is 13.1. The molecule has 1 unspecified atom stereocenters. The Kier molecular flexibility index (Phi) is 6.41. The number of amides is 1. The molecule has 2 N–H and O–H groups in total. The van der Waals surface area contributed by atoms with E-state index in [-0.39, 0.29) is 5.97 Å². The van der Waals surface area contributed by atoms with E-state index in [0.717, 1.165) is 5.57 Å². The van der Waals surface area contributed by atoms with Crippen LogP contribution in [0.1, 0.15) is 40.5 Å². The first kappa shape index (κ1) is 21.8. The van der Waals surface area contributed by atoms with Crippen molar-refractivity contribution in [1.82, 2.24) is 5.32 Å². The number of hydrogen-bond donors (Lipinski definition) is 2. The van der Waals surface area contributed by atoms with Gasteiger partial charge in [0, 0.05) is 0 Å². The van der Waals surface area contributed by atoms with Gasteiger partial charge < -0.3 is 19.9 Å². The summed E-state index contributed by atoms with van der Waals surface area (Å²) in [6.45, 7) is 6.69. The number of Topliss-reactive ketones (excluding diaryl/α,β-unsaturated/α-hetero) is 1. The van der Waals surface area contributed by atoms with Crippen LogP contribution in [0.2, 0.25) is 0 Å². The normalized spacial score (nSPS) is 30.3. The topological polar surface area (TPSA) is 105 Å². The van der Waals surface area contributed by atoms with Gasteiger partial charge in [0.05, 0.1) is 12.7 Å². The Bertz CT molecular complexity index is 802. The zero-order valence-electron chi connectivity index (χ0n) is 16.9. The minimum Gasteiger partial charge on any atom is -0.465 e. The number of unbranched alkanes of at least 4 members (excludes halogenated alkanes) is 1. The predicted molar refractivity (Wildman–Crippen MR) is 103 cm³/mol. The summed E-state index contributed by atoms with van der Waals surface area (Å²) in [6.07, 6.45) is 9.45. The van der Waals surface area contributed by atoms with Gasteiger partial charge in [-0.05, 0) is 52.2 Å². The van der Waals surface area contributed by atoms with E-state index in [1.54, 1.807) is 32.1 Å². The van der Waals surface area contributed by atoms with Gasteiger partial charge in [0.1, 0.15) is 0 Å². The molecule has 0 aromatic heterocycles. The van der Waals surface area contributed by atoms with Crippen molar-refractivity contribution in [2.24, 2.45) is 0 Å². The maximum Gasteiger partial charge on any atom is 0.337 e. The van der Waals surface area contributed by atoms with Crippen molar-refractivity contribution in [3.63, 3.8) is 0 Å². The molecule has 2 fully saturated rings. The summed E-state index contributed by atoms with van der Waals surface area (Å²) in [5.74, 6) is -1.39. The summed E-state index contributed by atoms with van der Waals surface area (Å²) in [6, 6.07) is 0. The third kappa shape index (κ3) is 4.15.